The fourth-order valence-corrected chi connectivity index (χ4v) is 2.77. The van der Waals surface area contributed by atoms with Crippen molar-refractivity contribution in [2.45, 2.75) is 39.2 Å². The van der Waals surface area contributed by atoms with Crippen LogP contribution in [0.2, 0.25) is 0 Å². The smallest absolute Gasteiger partial charge is 0.119 e. The number of benzene rings is 1. The summed E-state index contributed by atoms with van der Waals surface area (Å²) in [5, 5.41) is 3.61. The van der Waals surface area contributed by atoms with E-state index in [9.17, 15) is 0 Å². The van der Waals surface area contributed by atoms with E-state index in [0.717, 1.165) is 31.9 Å². The third kappa shape index (κ3) is 4.50. The minimum atomic E-state index is 0.429. The number of hydrogen-bond donors (Lipinski definition) is 1. The minimum absolute atomic E-state index is 0.429. The van der Waals surface area contributed by atoms with Gasteiger partial charge in [-0.3, -0.25) is 0 Å². The summed E-state index contributed by atoms with van der Waals surface area (Å²) >= 11 is 0. The van der Waals surface area contributed by atoms with Crippen molar-refractivity contribution in [1.29, 1.82) is 0 Å². The summed E-state index contributed by atoms with van der Waals surface area (Å²) in [6.07, 6.45) is 3.75. The van der Waals surface area contributed by atoms with Crippen LogP contribution < -0.4 is 10.1 Å². The first-order valence-electron chi connectivity index (χ1n) is 8.02. The first kappa shape index (κ1) is 15.3. The van der Waals surface area contributed by atoms with Crippen molar-refractivity contribution in [2.24, 2.45) is 0 Å². The molecule has 3 heteroatoms. The van der Waals surface area contributed by atoms with Gasteiger partial charge in [0.25, 0.3) is 0 Å². The lowest BCUT2D eigenvalue weighted by atomic mass is 10.1. The van der Waals surface area contributed by atoms with Crippen LogP contribution in [0.25, 0.3) is 0 Å². The van der Waals surface area contributed by atoms with Crippen LogP contribution in [-0.4, -0.2) is 37.7 Å². The van der Waals surface area contributed by atoms with Crippen molar-refractivity contribution >= 4 is 0 Å². The Kier molecular flexibility index (Phi) is 6.34. The summed E-state index contributed by atoms with van der Waals surface area (Å²) in [6, 6.07) is 9.03. The van der Waals surface area contributed by atoms with Crippen molar-refractivity contribution in [3.63, 3.8) is 0 Å². The van der Waals surface area contributed by atoms with Crippen LogP contribution in [-0.2, 0) is 0 Å². The second-order valence-corrected chi connectivity index (χ2v) is 5.54. The number of hydrogen-bond acceptors (Lipinski definition) is 3. The van der Waals surface area contributed by atoms with Gasteiger partial charge in [0.15, 0.2) is 0 Å². The van der Waals surface area contributed by atoms with Crippen LogP contribution in [0.15, 0.2) is 24.3 Å². The molecule has 1 N–H and O–H groups in total. The van der Waals surface area contributed by atoms with Gasteiger partial charge in [0.05, 0.1) is 6.61 Å². The lowest BCUT2D eigenvalue weighted by Gasteiger charge is -2.24. The van der Waals surface area contributed by atoms with Gasteiger partial charge in [-0.25, -0.2) is 0 Å². The maximum Gasteiger partial charge on any atom is 0.119 e. The third-order valence-electron chi connectivity index (χ3n) is 3.85. The number of likely N-dealkylation sites (N-methyl/N-ethyl adjacent to an activating group) is 1. The van der Waals surface area contributed by atoms with E-state index in [0.29, 0.717) is 6.04 Å². The highest BCUT2D eigenvalue weighted by atomic mass is 16.5. The van der Waals surface area contributed by atoms with E-state index >= 15 is 0 Å². The molecule has 1 fully saturated rings. The van der Waals surface area contributed by atoms with Crippen LogP contribution in [0.5, 0.6) is 5.75 Å². The van der Waals surface area contributed by atoms with Crippen LogP contribution in [0.3, 0.4) is 0 Å². The highest BCUT2D eigenvalue weighted by molar-refractivity contribution is 5.29. The average Bonchev–Trinajstić information content (AvgIpc) is 2.98. The van der Waals surface area contributed by atoms with E-state index in [-0.39, 0.29) is 0 Å². The molecular weight excluding hydrogens is 248 g/mol. The topological polar surface area (TPSA) is 24.5 Å². The molecule has 1 aliphatic heterocycles. The molecule has 1 unspecified atom stereocenters. The molecular formula is C17H28N2O. The maximum atomic E-state index is 5.65. The average molecular weight is 276 g/mol. The van der Waals surface area contributed by atoms with E-state index in [1.165, 1.54) is 31.5 Å². The Morgan fingerprint density at radius 3 is 2.45 bits per heavy atom. The summed E-state index contributed by atoms with van der Waals surface area (Å²) in [5.74, 6) is 0.979. The Bertz CT molecular complexity index is 371. The van der Waals surface area contributed by atoms with Crippen molar-refractivity contribution in [1.82, 2.24) is 10.2 Å². The molecule has 0 saturated carbocycles. The van der Waals surface area contributed by atoms with Crippen molar-refractivity contribution in [3.8, 4) is 5.75 Å². The predicted molar refractivity (Wildman–Crippen MR) is 84.3 cm³/mol. The molecule has 3 nitrogen and oxygen atoms in total. The normalized spacial score (nSPS) is 17.3. The Labute approximate surface area is 123 Å². The second kappa shape index (κ2) is 8.28. The molecule has 0 aliphatic carbocycles. The zero-order valence-electron chi connectivity index (χ0n) is 12.9. The fourth-order valence-electron chi connectivity index (χ4n) is 2.77. The van der Waals surface area contributed by atoms with Crippen molar-refractivity contribution < 1.29 is 4.74 Å². The Morgan fingerprint density at radius 2 is 1.85 bits per heavy atom. The standard InChI is InChI=1S/C17H28N2O/c1-3-13-20-16-9-7-15(8-10-16)17(18-4-2)14-19-11-5-6-12-19/h7-10,17-18H,3-6,11-14H2,1-2H3. The van der Waals surface area contributed by atoms with Gasteiger partial charge in [-0.15, -0.1) is 0 Å². The van der Waals surface area contributed by atoms with Gasteiger partial charge in [0.2, 0.25) is 0 Å². The largest absolute Gasteiger partial charge is 0.494 e. The van der Waals surface area contributed by atoms with E-state index in [2.05, 4.69) is 48.3 Å². The first-order valence-corrected chi connectivity index (χ1v) is 8.02. The molecule has 1 aromatic carbocycles. The molecule has 0 amide bonds. The lowest BCUT2D eigenvalue weighted by Crippen LogP contribution is -2.33. The summed E-state index contributed by atoms with van der Waals surface area (Å²) in [5.41, 5.74) is 1.36. The molecule has 2 rings (SSSR count). The molecule has 1 aliphatic rings. The summed E-state index contributed by atoms with van der Waals surface area (Å²) in [6.45, 7) is 9.72. The molecule has 1 heterocycles. The summed E-state index contributed by atoms with van der Waals surface area (Å²) in [7, 11) is 0. The quantitative estimate of drug-likeness (QED) is 0.789. The minimum Gasteiger partial charge on any atom is -0.494 e. The van der Waals surface area contributed by atoms with Crippen LogP contribution in [0.4, 0.5) is 0 Å². The molecule has 1 aromatic rings. The van der Waals surface area contributed by atoms with Gasteiger partial charge in [-0.1, -0.05) is 26.0 Å². The van der Waals surface area contributed by atoms with Gasteiger partial charge in [-0.2, -0.15) is 0 Å². The van der Waals surface area contributed by atoms with Crippen LogP contribution >= 0.6 is 0 Å². The molecule has 0 spiro atoms. The molecule has 20 heavy (non-hydrogen) atoms. The summed E-state index contributed by atoms with van der Waals surface area (Å²) in [4.78, 5) is 2.56. The van der Waals surface area contributed by atoms with Gasteiger partial charge >= 0.3 is 0 Å². The van der Waals surface area contributed by atoms with E-state index in [1.54, 1.807) is 0 Å². The second-order valence-electron chi connectivity index (χ2n) is 5.54. The van der Waals surface area contributed by atoms with Crippen molar-refractivity contribution in [3.05, 3.63) is 29.8 Å². The monoisotopic (exact) mass is 276 g/mol. The number of likely N-dealkylation sites (tertiary alicyclic amines) is 1. The summed E-state index contributed by atoms with van der Waals surface area (Å²) < 4.78 is 5.65. The van der Waals surface area contributed by atoms with Gasteiger partial charge in [0.1, 0.15) is 5.75 Å². The predicted octanol–water partition coefficient (Wildman–Crippen LogP) is 3.22. The number of nitrogens with zero attached hydrogens (tertiary/aromatic N) is 1. The highest BCUT2D eigenvalue weighted by Crippen LogP contribution is 2.20. The SMILES string of the molecule is CCCOc1ccc(C(CN2CCCC2)NCC)cc1. The van der Waals surface area contributed by atoms with E-state index in [4.69, 9.17) is 4.74 Å². The molecule has 1 atom stereocenters. The number of nitrogens with one attached hydrogen (secondary N) is 1. The molecule has 0 aromatic heterocycles. The molecule has 1 saturated heterocycles. The zero-order valence-corrected chi connectivity index (χ0v) is 12.9. The Hall–Kier alpha value is -1.06. The Morgan fingerprint density at radius 1 is 1.15 bits per heavy atom. The number of rotatable bonds is 8. The zero-order chi connectivity index (χ0) is 14.2. The van der Waals surface area contributed by atoms with Crippen molar-refractivity contribution in [2.75, 3.05) is 32.8 Å². The number of ether oxygens (including phenoxy) is 1. The lowest BCUT2D eigenvalue weighted by molar-refractivity contribution is 0.294. The van der Waals surface area contributed by atoms with E-state index in [1.807, 2.05) is 0 Å². The molecule has 112 valence electrons. The van der Waals surface area contributed by atoms with Gasteiger partial charge in [-0.05, 0) is 56.6 Å². The highest BCUT2D eigenvalue weighted by Gasteiger charge is 2.18. The first-order chi connectivity index (χ1) is 9.83. The molecule has 0 bridgehead atoms. The van der Waals surface area contributed by atoms with Gasteiger partial charge < -0.3 is 15.0 Å². The van der Waals surface area contributed by atoms with Gasteiger partial charge in [0, 0.05) is 12.6 Å². The maximum absolute atomic E-state index is 5.65. The third-order valence-corrected chi connectivity index (χ3v) is 3.85. The van der Waals surface area contributed by atoms with Crippen LogP contribution in [0, 0.1) is 0 Å². The van der Waals surface area contributed by atoms with Crippen LogP contribution in [0.1, 0.15) is 44.7 Å². The Balaban J connectivity index is 1.96. The molecule has 0 radical (unpaired) electrons. The van der Waals surface area contributed by atoms with E-state index < -0.39 is 0 Å². The fraction of sp³-hybridized carbons (Fsp3) is 0.647.